The van der Waals surface area contributed by atoms with E-state index >= 15 is 0 Å². The van der Waals surface area contributed by atoms with Crippen LogP contribution in [-0.4, -0.2) is 31.5 Å². The monoisotopic (exact) mass is 449 g/mol. The maximum atomic E-state index is 13.8. The summed E-state index contributed by atoms with van der Waals surface area (Å²) in [6.45, 7) is 6.46. The van der Waals surface area contributed by atoms with Crippen LogP contribution in [0.5, 0.6) is 0 Å². The van der Waals surface area contributed by atoms with Gasteiger partial charge in [0.2, 0.25) is 0 Å². The summed E-state index contributed by atoms with van der Waals surface area (Å²) >= 11 is 0. The average Bonchev–Trinajstić information content (AvgIpc) is 3.38. The molecule has 1 aromatic heterocycles. The SMILES string of the molecule is C[C@H](C(=O)[C@H]1CC[C@H]2[C@@H]3CC[C@@H]4C[C@](C)(O)CC[C@@H]4[C@H]3CC[C@]12C)n1nc2ccccc2n1. The third-order valence-corrected chi connectivity index (χ3v) is 10.6. The standard InChI is InChI=1S/C28H39N3O2/c1-17(31-29-24-6-4-5-7-25(24)30-31)26(32)23-11-10-22-21-9-8-18-16-27(2,33)14-12-19(18)20(21)13-15-28(22,23)3/h4-7,17-23,33H,8-16H2,1-3H3/t17-,18-,19+,20-,21-,22+,23-,27-,28+/m1/s1. The second kappa shape index (κ2) is 7.63. The first-order valence-corrected chi connectivity index (χ1v) is 13.3. The van der Waals surface area contributed by atoms with Crippen molar-refractivity contribution >= 4 is 16.8 Å². The van der Waals surface area contributed by atoms with Gasteiger partial charge in [0.05, 0.1) is 5.60 Å². The van der Waals surface area contributed by atoms with Crippen molar-refractivity contribution in [3.8, 4) is 0 Å². The highest BCUT2D eigenvalue weighted by Gasteiger charge is 2.59. The van der Waals surface area contributed by atoms with Crippen molar-refractivity contribution in [1.29, 1.82) is 0 Å². The van der Waals surface area contributed by atoms with Crippen LogP contribution in [0.3, 0.4) is 0 Å². The summed E-state index contributed by atoms with van der Waals surface area (Å²) in [5.41, 5.74) is 1.38. The summed E-state index contributed by atoms with van der Waals surface area (Å²) in [6.07, 6.45) is 10.4. The molecule has 4 aliphatic carbocycles. The van der Waals surface area contributed by atoms with Gasteiger partial charge in [-0.25, -0.2) is 0 Å². The molecule has 4 fully saturated rings. The third kappa shape index (κ3) is 3.40. The van der Waals surface area contributed by atoms with Crippen LogP contribution in [0.4, 0.5) is 0 Å². The van der Waals surface area contributed by atoms with Crippen molar-refractivity contribution in [3.05, 3.63) is 24.3 Å². The quantitative estimate of drug-likeness (QED) is 0.664. The van der Waals surface area contributed by atoms with Gasteiger partial charge in [-0.1, -0.05) is 19.1 Å². The third-order valence-electron chi connectivity index (χ3n) is 10.6. The number of hydrogen-bond donors (Lipinski definition) is 1. The van der Waals surface area contributed by atoms with Crippen LogP contribution in [0.15, 0.2) is 24.3 Å². The summed E-state index contributed by atoms with van der Waals surface area (Å²) in [5.74, 6) is 4.21. The largest absolute Gasteiger partial charge is 0.390 e. The van der Waals surface area contributed by atoms with Crippen LogP contribution >= 0.6 is 0 Å². The van der Waals surface area contributed by atoms with E-state index < -0.39 is 5.60 Å². The zero-order valence-corrected chi connectivity index (χ0v) is 20.4. The molecule has 6 rings (SSSR count). The fraction of sp³-hybridized carbons (Fsp3) is 0.750. The molecule has 5 heteroatoms. The topological polar surface area (TPSA) is 68.0 Å². The highest BCUT2D eigenvalue weighted by Crippen LogP contribution is 2.65. The number of carbonyl (C=O) groups excluding carboxylic acids is 1. The Balaban J connectivity index is 1.21. The second-order valence-electron chi connectivity index (χ2n) is 12.4. The molecule has 178 valence electrons. The van der Waals surface area contributed by atoms with Crippen LogP contribution in [-0.2, 0) is 4.79 Å². The lowest BCUT2D eigenvalue weighted by Crippen LogP contribution is -2.51. The van der Waals surface area contributed by atoms with Gasteiger partial charge in [0.15, 0.2) is 5.78 Å². The van der Waals surface area contributed by atoms with E-state index in [9.17, 15) is 9.90 Å². The number of Topliss-reactive ketones (excluding diaryl/α,β-unsaturated/α-hetero) is 1. The van der Waals surface area contributed by atoms with E-state index in [2.05, 4.69) is 17.1 Å². The fourth-order valence-corrected chi connectivity index (χ4v) is 9.00. The van der Waals surface area contributed by atoms with E-state index in [0.717, 1.165) is 48.0 Å². The predicted molar refractivity (Wildman–Crippen MR) is 128 cm³/mol. The first-order chi connectivity index (χ1) is 15.8. The summed E-state index contributed by atoms with van der Waals surface area (Å²) in [6, 6.07) is 7.55. The van der Waals surface area contributed by atoms with Crippen LogP contribution in [0, 0.1) is 40.9 Å². The molecule has 0 saturated heterocycles. The van der Waals surface area contributed by atoms with Gasteiger partial charge in [0, 0.05) is 5.92 Å². The normalized spacial score (nSPS) is 43.5. The van der Waals surface area contributed by atoms with Crippen molar-refractivity contribution in [3.63, 3.8) is 0 Å². The molecule has 0 aliphatic heterocycles. The number of hydrogen-bond acceptors (Lipinski definition) is 4. The summed E-state index contributed by atoms with van der Waals surface area (Å²) in [5, 5.41) is 19.9. The first kappa shape index (κ1) is 21.8. The van der Waals surface area contributed by atoms with Gasteiger partial charge in [0.1, 0.15) is 17.1 Å². The molecule has 33 heavy (non-hydrogen) atoms. The van der Waals surface area contributed by atoms with Gasteiger partial charge in [-0.15, -0.1) is 0 Å². The van der Waals surface area contributed by atoms with E-state index in [-0.39, 0.29) is 17.4 Å². The van der Waals surface area contributed by atoms with Crippen molar-refractivity contribution in [2.24, 2.45) is 40.9 Å². The zero-order valence-electron chi connectivity index (χ0n) is 20.4. The van der Waals surface area contributed by atoms with Gasteiger partial charge in [0.25, 0.3) is 0 Å². The van der Waals surface area contributed by atoms with Crippen molar-refractivity contribution in [1.82, 2.24) is 15.0 Å². The van der Waals surface area contributed by atoms with Gasteiger partial charge < -0.3 is 5.11 Å². The van der Waals surface area contributed by atoms with E-state index in [1.54, 1.807) is 4.80 Å². The number of nitrogens with zero attached hydrogens (tertiary/aromatic N) is 3. The molecule has 2 aromatic rings. The molecule has 0 amide bonds. The Morgan fingerprint density at radius 2 is 1.67 bits per heavy atom. The zero-order chi connectivity index (χ0) is 23.0. The minimum Gasteiger partial charge on any atom is -0.390 e. The Hall–Kier alpha value is -1.75. The number of benzene rings is 1. The molecule has 0 bridgehead atoms. The Morgan fingerprint density at radius 3 is 2.39 bits per heavy atom. The van der Waals surface area contributed by atoms with Crippen molar-refractivity contribution in [2.75, 3.05) is 0 Å². The van der Waals surface area contributed by atoms with Gasteiger partial charge in [-0.05, 0) is 119 Å². The summed E-state index contributed by atoms with van der Waals surface area (Å²) in [4.78, 5) is 15.5. The van der Waals surface area contributed by atoms with Crippen LogP contribution in [0.25, 0.3) is 11.0 Å². The van der Waals surface area contributed by atoms with E-state index in [1.165, 1.54) is 38.5 Å². The molecule has 1 heterocycles. The first-order valence-electron chi connectivity index (χ1n) is 13.3. The minimum atomic E-state index is -0.455. The smallest absolute Gasteiger partial charge is 0.162 e. The lowest BCUT2D eigenvalue weighted by molar-refractivity contribution is -0.135. The molecular weight excluding hydrogens is 410 g/mol. The fourth-order valence-electron chi connectivity index (χ4n) is 9.00. The molecule has 1 N–H and O–H groups in total. The number of carbonyl (C=O) groups is 1. The molecule has 4 saturated carbocycles. The highest BCUT2D eigenvalue weighted by atomic mass is 16.3. The summed E-state index contributed by atoms with van der Waals surface area (Å²) < 4.78 is 0. The van der Waals surface area contributed by atoms with Crippen LogP contribution in [0.2, 0.25) is 0 Å². The van der Waals surface area contributed by atoms with Crippen LogP contribution in [0.1, 0.15) is 84.6 Å². The Labute approximate surface area is 197 Å². The molecule has 0 unspecified atom stereocenters. The van der Waals surface area contributed by atoms with Crippen LogP contribution < -0.4 is 0 Å². The number of aliphatic hydroxyl groups is 1. The van der Waals surface area contributed by atoms with E-state index in [4.69, 9.17) is 0 Å². The van der Waals surface area contributed by atoms with E-state index in [1.807, 2.05) is 38.1 Å². The minimum absolute atomic E-state index is 0.117. The van der Waals surface area contributed by atoms with Crippen molar-refractivity contribution < 1.29 is 9.90 Å². The number of fused-ring (bicyclic) bond motifs is 6. The average molecular weight is 450 g/mol. The Morgan fingerprint density at radius 1 is 0.970 bits per heavy atom. The lowest BCUT2D eigenvalue weighted by atomic mass is 9.49. The van der Waals surface area contributed by atoms with E-state index in [0.29, 0.717) is 17.6 Å². The number of ketones is 1. The molecular formula is C28H39N3O2. The van der Waals surface area contributed by atoms with Gasteiger partial charge in [-0.2, -0.15) is 15.0 Å². The number of rotatable bonds is 3. The molecule has 9 atom stereocenters. The lowest BCUT2D eigenvalue weighted by Gasteiger charge is -2.57. The Bertz CT molecular complexity index is 1030. The maximum Gasteiger partial charge on any atom is 0.162 e. The molecule has 1 aromatic carbocycles. The highest BCUT2D eigenvalue weighted by molar-refractivity contribution is 5.86. The maximum absolute atomic E-state index is 13.8. The van der Waals surface area contributed by atoms with Gasteiger partial charge >= 0.3 is 0 Å². The molecule has 0 spiro atoms. The molecule has 0 radical (unpaired) electrons. The Kier molecular flexibility index (Phi) is 5.03. The summed E-state index contributed by atoms with van der Waals surface area (Å²) in [7, 11) is 0. The number of aromatic nitrogens is 3. The second-order valence-corrected chi connectivity index (χ2v) is 12.4. The molecule has 5 nitrogen and oxygen atoms in total. The van der Waals surface area contributed by atoms with Gasteiger partial charge in [-0.3, -0.25) is 4.79 Å². The van der Waals surface area contributed by atoms with Crippen molar-refractivity contribution in [2.45, 2.75) is 90.2 Å². The predicted octanol–water partition coefficient (Wildman–Crippen LogP) is 5.58. The molecule has 4 aliphatic rings.